The lowest BCUT2D eigenvalue weighted by atomic mass is 9.79. The first-order valence-corrected chi connectivity index (χ1v) is 8.01. The van der Waals surface area contributed by atoms with Crippen LogP contribution in [-0.2, 0) is 7.05 Å². The average molecular weight is 261 g/mol. The number of nitrogens with zero attached hydrogens (tertiary/aromatic N) is 2. The maximum absolute atomic E-state index is 4.76. The molecule has 106 valence electrons. The van der Waals surface area contributed by atoms with Crippen LogP contribution in [0.2, 0.25) is 0 Å². The lowest BCUT2D eigenvalue weighted by Gasteiger charge is -2.28. The monoisotopic (exact) mass is 261 g/mol. The van der Waals surface area contributed by atoms with E-state index in [9.17, 15) is 0 Å². The smallest absolute Gasteiger partial charge is 0.0631 e. The lowest BCUT2D eigenvalue weighted by Crippen LogP contribution is -2.28. The topological polar surface area (TPSA) is 29.9 Å². The third kappa shape index (κ3) is 2.58. The first-order valence-electron chi connectivity index (χ1n) is 8.01. The fourth-order valence-corrected chi connectivity index (χ4v) is 4.17. The van der Waals surface area contributed by atoms with E-state index in [1.54, 1.807) is 11.3 Å². The number of piperidine rings is 1. The van der Waals surface area contributed by atoms with E-state index >= 15 is 0 Å². The van der Waals surface area contributed by atoms with Crippen molar-refractivity contribution < 1.29 is 0 Å². The van der Waals surface area contributed by atoms with Gasteiger partial charge in [0.2, 0.25) is 0 Å². The Morgan fingerprint density at radius 1 is 1.00 bits per heavy atom. The summed E-state index contributed by atoms with van der Waals surface area (Å²) in [5.41, 5.74) is 4.47. The van der Waals surface area contributed by atoms with E-state index in [1.807, 2.05) is 0 Å². The van der Waals surface area contributed by atoms with Gasteiger partial charge in [-0.25, -0.2) is 0 Å². The number of hydrogen-bond acceptors (Lipinski definition) is 2. The Morgan fingerprint density at radius 2 is 1.68 bits per heavy atom. The lowest BCUT2D eigenvalue weighted by molar-refractivity contribution is 0.415. The molecule has 1 saturated carbocycles. The maximum atomic E-state index is 4.76. The molecule has 1 aliphatic heterocycles. The predicted molar refractivity (Wildman–Crippen MR) is 78.6 cm³/mol. The summed E-state index contributed by atoms with van der Waals surface area (Å²) in [6.45, 7) is 4.55. The molecule has 3 rings (SSSR count). The molecule has 19 heavy (non-hydrogen) atoms. The molecular formula is C16H27N3. The molecule has 0 unspecified atom stereocenters. The Hall–Kier alpha value is -0.830. The Bertz CT molecular complexity index is 385. The molecule has 1 aliphatic carbocycles. The van der Waals surface area contributed by atoms with E-state index in [0.29, 0.717) is 0 Å². The van der Waals surface area contributed by atoms with Gasteiger partial charge in [0.05, 0.1) is 5.69 Å². The van der Waals surface area contributed by atoms with Crippen LogP contribution < -0.4 is 5.32 Å². The van der Waals surface area contributed by atoms with Gasteiger partial charge in [0.1, 0.15) is 0 Å². The van der Waals surface area contributed by atoms with Crippen LogP contribution in [0, 0.1) is 6.92 Å². The highest BCUT2D eigenvalue weighted by atomic mass is 15.3. The number of aromatic nitrogens is 2. The van der Waals surface area contributed by atoms with Crippen molar-refractivity contribution in [1.82, 2.24) is 15.1 Å². The molecule has 0 bridgehead atoms. The molecule has 1 N–H and O–H groups in total. The van der Waals surface area contributed by atoms with Gasteiger partial charge in [0.15, 0.2) is 0 Å². The van der Waals surface area contributed by atoms with Gasteiger partial charge in [0.25, 0.3) is 0 Å². The van der Waals surface area contributed by atoms with Crippen molar-refractivity contribution in [2.24, 2.45) is 7.05 Å². The maximum Gasteiger partial charge on any atom is 0.0631 e. The van der Waals surface area contributed by atoms with E-state index in [-0.39, 0.29) is 0 Å². The fraction of sp³-hybridized carbons (Fsp3) is 0.812. The number of rotatable bonds is 2. The predicted octanol–water partition coefficient (Wildman–Crippen LogP) is 3.24. The molecule has 3 nitrogen and oxygen atoms in total. The molecule has 1 aromatic heterocycles. The van der Waals surface area contributed by atoms with E-state index in [1.165, 1.54) is 63.7 Å². The summed E-state index contributed by atoms with van der Waals surface area (Å²) in [7, 11) is 2.15. The molecule has 0 aromatic carbocycles. The van der Waals surface area contributed by atoms with Gasteiger partial charge < -0.3 is 5.32 Å². The first-order chi connectivity index (χ1) is 9.27. The average Bonchev–Trinajstić information content (AvgIpc) is 2.75. The Labute approximate surface area is 116 Å². The number of aryl methyl sites for hydroxylation is 2. The van der Waals surface area contributed by atoms with Crippen LogP contribution in [0.25, 0.3) is 0 Å². The largest absolute Gasteiger partial charge is 0.317 e. The number of nitrogens with one attached hydrogen (secondary N) is 1. The van der Waals surface area contributed by atoms with Crippen LogP contribution in [0.4, 0.5) is 0 Å². The zero-order valence-electron chi connectivity index (χ0n) is 12.4. The summed E-state index contributed by atoms with van der Waals surface area (Å²) in [4.78, 5) is 0. The van der Waals surface area contributed by atoms with Crippen LogP contribution >= 0.6 is 0 Å². The molecular weight excluding hydrogens is 234 g/mol. The minimum Gasteiger partial charge on any atom is -0.317 e. The van der Waals surface area contributed by atoms with Gasteiger partial charge in [-0.05, 0) is 57.2 Å². The zero-order chi connectivity index (χ0) is 13.2. The highest BCUT2D eigenvalue weighted by Gasteiger charge is 2.28. The van der Waals surface area contributed by atoms with E-state index in [0.717, 1.165) is 11.8 Å². The van der Waals surface area contributed by atoms with E-state index in [4.69, 9.17) is 5.10 Å². The molecule has 2 fully saturated rings. The van der Waals surface area contributed by atoms with Crippen molar-refractivity contribution in [3.8, 4) is 0 Å². The third-order valence-corrected chi connectivity index (χ3v) is 5.05. The van der Waals surface area contributed by atoms with Crippen LogP contribution in [0.15, 0.2) is 0 Å². The van der Waals surface area contributed by atoms with Crippen LogP contribution in [0.1, 0.15) is 73.7 Å². The van der Waals surface area contributed by atoms with Crippen LogP contribution in [0.3, 0.4) is 0 Å². The van der Waals surface area contributed by atoms with Gasteiger partial charge in [-0.2, -0.15) is 5.10 Å². The van der Waals surface area contributed by atoms with Crippen molar-refractivity contribution >= 4 is 0 Å². The SMILES string of the molecule is Cc1nn(C)c(C2CCNCC2)c1C1CCCCC1. The Morgan fingerprint density at radius 3 is 2.37 bits per heavy atom. The van der Waals surface area contributed by atoms with Crippen molar-refractivity contribution in [2.75, 3.05) is 13.1 Å². The Kier molecular flexibility index (Phi) is 3.92. The standard InChI is InChI=1S/C16H27N3/c1-12-15(13-6-4-3-5-7-13)16(19(2)18-12)14-8-10-17-11-9-14/h13-14,17H,3-11H2,1-2H3. The number of hydrogen-bond donors (Lipinski definition) is 1. The van der Waals surface area contributed by atoms with Gasteiger partial charge >= 0.3 is 0 Å². The molecule has 1 aromatic rings. The summed E-state index contributed by atoms with van der Waals surface area (Å²) in [5.74, 6) is 1.51. The molecule has 0 amide bonds. The first kappa shape index (κ1) is 13.2. The molecule has 2 aliphatic rings. The quantitative estimate of drug-likeness (QED) is 0.885. The molecule has 2 heterocycles. The van der Waals surface area contributed by atoms with Crippen molar-refractivity contribution in [1.29, 1.82) is 0 Å². The fourth-order valence-electron chi connectivity index (χ4n) is 4.17. The summed E-state index contributed by atoms with van der Waals surface area (Å²) in [5, 5.41) is 8.24. The second kappa shape index (κ2) is 5.66. The van der Waals surface area contributed by atoms with Gasteiger partial charge in [-0.3, -0.25) is 4.68 Å². The second-order valence-electron chi connectivity index (χ2n) is 6.37. The third-order valence-electron chi connectivity index (χ3n) is 5.05. The van der Waals surface area contributed by atoms with Gasteiger partial charge in [-0.15, -0.1) is 0 Å². The minimum atomic E-state index is 0.726. The summed E-state index contributed by atoms with van der Waals surface area (Å²) in [6.07, 6.45) is 9.56. The minimum absolute atomic E-state index is 0.726. The Balaban J connectivity index is 1.92. The molecule has 0 radical (unpaired) electrons. The second-order valence-corrected chi connectivity index (χ2v) is 6.37. The van der Waals surface area contributed by atoms with Crippen molar-refractivity contribution in [2.45, 2.75) is 63.7 Å². The molecule has 0 atom stereocenters. The highest BCUT2D eigenvalue weighted by molar-refractivity contribution is 5.33. The summed E-state index contributed by atoms with van der Waals surface area (Å²) < 4.78 is 2.19. The van der Waals surface area contributed by atoms with Gasteiger partial charge in [-0.1, -0.05) is 19.3 Å². The van der Waals surface area contributed by atoms with Crippen LogP contribution in [0.5, 0.6) is 0 Å². The molecule has 0 spiro atoms. The highest BCUT2D eigenvalue weighted by Crippen LogP contribution is 2.40. The summed E-state index contributed by atoms with van der Waals surface area (Å²) in [6, 6.07) is 0. The van der Waals surface area contributed by atoms with E-state index in [2.05, 4.69) is 24.0 Å². The van der Waals surface area contributed by atoms with Crippen molar-refractivity contribution in [3.63, 3.8) is 0 Å². The summed E-state index contributed by atoms with van der Waals surface area (Å²) >= 11 is 0. The molecule has 1 saturated heterocycles. The van der Waals surface area contributed by atoms with Crippen LogP contribution in [-0.4, -0.2) is 22.9 Å². The normalized spacial score (nSPS) is 22.8. The molecule has 3 heteroatoms. The van der Waals surface area contributed by atoms with Gasteiger partial charge in [0, 0.05) is 18.7 Å². The van der Waals surface area contributed by atoms with E-state index < -0.39 is 0 Å². The zero-order valence-corrected chi connectivity index (χ0v) is 12.4. The van der Waals surface area contributed by atoms with Crippen molar-refractivity contribution in [3.05, 3.63) is 17.0 Å².